The number of likely N-dealkylation sites (tertiary alicyclic amines) is 2. The highest BCUT2D eigenvalue weighted by atomic mass is 16.4. The van der Waals surface area contributed by atoms with Crippen LogP contribution in [0.5, 0.6) is 0 Å². The molecule has 17 heavy (non-hydrogen) atoms. The second-order valence-corrected chi connectivity index (χ2v) is 5.48. The molecule has 0 aliphatic carbocycles. The van der Waals surface area contributed by atoms with Crippen LogP contribution in [-0.4, -0.2) is 59.6 Å². The zero-order chi connectivity index (χ0) is 12.3. The molecule has 0 radical (unpaired) electrons. The maximum absolute atomic E-state index is 11.4. The van der Waals surface area contributed by atoms with Crippen LogP contribution in [0.2, 0.25) is 0 Å². The molecular weight excluding hydrogens is 216 g/mol. The van der Waals surface area contributed by atoms with Crippen LogP contribution in [0.3, 0.4) is 0 Å². The number of carboxylic acid groups (broad SMARTS) is 1. The number of hydrogen-bond donors (Lipinski definition) is 1. The third kappa shape index (κ3) is 3.19. The third-order valence-electron chi connectivity index (χ3n) is 4.24. The zero-order valence-electron chi connectivity index (χ0n) is 10.8. The van der Waals surface area contributed by atoms with E-state index in [0.717, 1.165) is 51.7 Å². The van der Waals surface area contributed by atoms with E-state index in [0.29, 0.717) is 6.04 Å². The zero-order valence-corrected chi connectivity index (χ0v) is 10.8. The summed E-state index contributed by atoms with van der Waals surface area (Å²) in [7, 11) is 2.15. The predicted octanol–water partition coefficient (Wildman–Crippen LogP) is 1.41. The standard InChI is InChI=1S/C13H24N2O2/c1-14-9-6-11(7-10-14)15-8-4-2-3-5-12(15)13(16)17/h11-12H,2-10H2,1H3,(H,16,17). The molecule has 4 heteroatoms. The Morgan fingerprint density at radius 3 is 2.41 bits per heavy atom. The largest absolute Gasteiger partial charge is 0.480 e. The van der Waals surface area contributed by atoms with Gasteiger partial charge in [-0.2, -0.15) is 0 Å². The summed E-state index contributed by atoms with van der Waals surface area (Å²) in [5.41, 5.74) is 0. The minimum atomic E-state index is -0.620. The Balaban J connectivity index is 2.01. The fourth-order valence-corrected chi connectivity index (χ4v) is 3.16. The van der Waals surface area contributed by atoms with Crippen molar-refractivity contribution in [2.45, 2.75) is 50.6 Å². The van der Waals surface area contributed by atoms with E-state index < -0.39 is 5.97 Å². The van der Waals surface area contributed by atoms with Gasteiger partial charge in [-0.3, -0.25) is 9.69 Å². The molecule has 0 bridgehead atoms. The van der Waals surface area contributed by atoms with Gasteiger partial charge in [-0.05, 0) is 52.4 Å². The predicted molar refractivity (Wildman–Crippen MR) is 67.1 cm³/mol. The van der Waals surface area contributed by atoms with Gasteiger partial charge in [0.2, 0.25) is 0 Å². The molecule has 2 heterocycles. The highest BCUT2D eigenvalue weighted by molar-refractivity contribution is 5.73. The quantitative estimate of drug-likeness (QED) is 0.792. The van der Waals surface area contributed by atoms with Crippen LogP contribution in [0.4, 0.5) is 0 Å². The van der Waals surface area contributed by atoms with Crippen molar-refractivity contribution < 1.29 is 9.90 Å². The molecule has 0 aromatic carbocycles. The average Bonchev–Trinajstić information content (AvgIpc) is 2.55. The van der Waals surface area contributed by atoms with Crippen molar-refractivity contribution >= 4 is 5.97 Å². The summed E-state index contributed by atoms with van der Waals surface area (Å²) in [6, 6.07) is 0.260. The molecule has 2 rings (SSSR count). The van der Waals surface area contributed by atoms with Crippen molar-refractivity contribution in [3.63, 3.8) is 0 Å². The average molecular weight is 240 g/mol. The summed E-state index contributed by atoms with van der Waals surface area (Å²) >= 11 is 0. The first kappa shape index (κ1) is 12.8. The molecule has 2 aliphatic heterocycles. The van der Waals surface area contributed by atoms with Crippen LogP contribution < -0.4 is 0 Å². The van der Waals surface area contributed by atoms with Gasteiger partial charge < -0.3 is 10.0 Å². The van der Waals surface area contributed by atoms with Crippen LogP contribution in [0, 0.1) is 0 Å². The van der Waals surface area contributed by atoms with Crippen LogP contribution in [0.25, 0.3) is 0 Å². The maximum Gasteiger partial charge on any atom is 0.320 e. The Morgan fingerprint density at radius 1 is 1.06 bits per heavy atom. The molecular formula is C13H24N2O2. The lowest BCUT2D eigenvalue weighted by Gasteiger charge is -2.39. The van der Waals surface area contributed by atoms with Gasteiger partial charge in [-0.1, -0.05) is 12.8 Å². The molecule has 2 aliphatic rings. The number of nitrogens with zero attached hydrogens (tertiary/aromatic N) is 2. The van der Waals surface area contributed by atoms with E-state index >= 15 is 0 Å². The van der Waals surface area contributed by atoms with E-state index in [2.05, 4.69) is 16.8 Å². The molecule has 4 nitrogen and oxygen atoms in total. The minimum Gasteiger partial charge on any atom is -0.480 e. The molecule has 2 saturated heterocycles. The van der Waals surface area contributed by atoms with Crippen molar-refractivity contribution in [3.8, 4) is 0 Å². The molecule has 0 amide bonds. The van der Waals surface area contributed by atoms with E-state index in [1.54, 1.807) is 0 Å². The molecule has 0 spiro atoms. The normalized spacial score (nSPS) is 30.1. The summed E-state index contributed by atoms with van der Waals surface area (Å²) in [4.78, 5) is 16.0. The summed E-state index contributed by atoms with van der Waals surface area (Å²) in [6.45, 7) is 3.19. The van der Waals surface area contributed by atoms with Gasteiger partial charge in [0, 0.05) is 6.04 Å². The lowest BCUT2D eigenvalue weighted by atomic mass is 10.0. The van der Waals surface area contributed by atoms with E-state index in [-0.39, 0.29) is 6.04 Å². The summed E-state index contributed by atoms with van der Waals surface area (Å²) < 4.78 is 0. The SMILES string of the molecule is CN1CCC(N2CCCCCC2C(=O)O)CC1. The van der Waals surface area contributed by atoms with Crippen LogP contribution >= 0.6 is 0 Å². The highest BCUT2D eigenvalue weighted by Crippen LogP contribution is 2.24. The summed E-state index contributed by atoms with van der Waals surface area (Å²) in [5.74, 6) is -0.620. The molecule has 1 unspecified atom stereocenters. The highest BCUT2D eigenvalue weighted by Gasteiger charge is 2.33. The van der Waals surface area contributed by atoms with Crippen molar-refractivity contribution in [2.24, 2.45) is 0 Å². The summed E-state index contributed by atoms with van der Waals surface area (Å²) in [6.07, 6.45) is 6.51. The van der Waals surface area contributed by atoms with Crippen LogP contribution in [0.1, 0.15) is 38.5 Å². The van der Waals surface area contributed by atoms with E-state index in [4.69, 9.17) is 0 Å². The smallest absolute Gasteiger partial charge is 0.320 e. The molecule has 2 fully saturated rings. The van der Waals surface area contributed by atoms with Gasteiger partial charge in [0.1, 0.15) is 6.04 Å². The first-order valence-corrected chi connectivity index (χ1v) is 6.85. The van der Waals surface area contributed by atoms with Crippen molar-refractivity contribution in [1.82, 2.24) is 9.80 Å². The lowest BCUT2D eigenvalue weighted by molar-refractivity contribution is -0.144. The van der Waals surface area contributed by atoms with Gasteiger partial charge >= 0.3 is 5.97 Å². The minimum absolute atomic E-state index is 0.231. The number of aliphatic carboxylic acids is 1. The number of carboxylic acids is 1. The number of rotatable bonds is 2. The van der Waals surface area contributed by atoms with Crippen LogP contribution in [0.15, 0.2) is 0 Å². The van der Waals surface area contributed by atoms with E-state index in [1.807, 2.05) is 0 Å². The maximum atomic E-state index is 11.4. The van der Waals surface area contributed by atoms with Gasteiger partial charge in [0.25, 0.3) is 0 Å². The Kier molecular flexibility index (Phi) is 4.40. The van der Waals surface area contributed by atoms with E-state index in [1.165, 1.54) is 6.42 Å². The topological polar surface area (TPSA) is 43.8 Å². The van der Waals surface area contributed by atoms with E-state index in [9.17, 15) is 9.90 Å². The fourth-order valence-electron chi connectivity index (χ4n) is 3.16. The number of piperidine rings is 1. The second-order valence-electron chi connectivity index (χ2n) is 5.48. The summed E-state index contributed by atoms with van der Waals surface area (Å²) in [5, 5.41) is 9.36. The Bertz CT molecular complexity index is 262. The fraction of sp³-hybridized carbons (Fsp3) is 0.923. The van der Waals surface area contributed by atoms with Crippen molar-refractivity contribution in [1.29, 1.82) is 0 Å². The first-order chi connectivity index (χ1) is 8.18. The Hall–Kier alpha value is -0.610. The Labute approximate surface area is 104 Å². The van der Waals surface area contributed by atoms with Crippen LogP contribution in [-0.2, 0) is 4.79 Å². The number of hydrogen-bond acceptors (Lipinski definition) is 3. The third-order valence-corrected chi connectivity index (χ3v) is 4.24. The molecule has 98 valence electrons. The molecule has 0 aromatic rings. The van der Waals surface area contributed by atoms with Crippen molar-refractivity contribution in [3.05, 3.63) is 0 Å². The molecule has 0 aromatic heterocycles. The second kappa shape index (κ2) is 5.83. The van der Waals surface area contributed by atoms with Gasteiger partial charge in [0.15, 0.2) is 0 Å². The number of carbonyl (C=O) groups is 1. The lowest BCUT2D eigenvalue weighted by Crippen LogP contribution is -2.50. The van der Waals surface area contributed by atoms with Gasteiger partial charge in [-0.15, -0.1) is 0 Å². The van der Waals surface area contributed by atoms with Gasteiger partial charge in [-0.25, -0.2) is 0 Å². The van der Waals surface area contributed by atoms with Crippen molar-refractivity contribution in [2.75, 3.05) is 26.7 Å². The molecule has 1 N–H and O–H groups in total. The molecule has 1 atom stereocenters. The van der Waals surface area contributed by atoms with Gasteiger partial charge in [0.05, 0.1) is 0 Å². The molecule has 0 saturated carbocycles. The Morgan fingerprint density at radius 2 is 1.76 bits per heavy atom. The first-order valence-electron chi connectivity index (χ1n) is 6.85. The monoisotopic (exact) mass is 240 g/mol.